The first-order valence-electron chi connectivity index (χ1n) is 8.65. The van der Waals surface area contributed by atoms with Gasteiger partial charge in [0.2, 0.25) is 0 Å². The Morgan fingerprint density at radius 2 is 1.48 bits per heavy atom. The van der Waals surface area contributed by atoms with E-state index in [9.17, 15) is 30.4 Å². The maximum Gasteiger partial charge on any atom is 0.534 e. The molecule has 0 spiro atoms. The Morgan fingerprint density at radius 3 is 1.93 bits per heavy atom. The summed E-state index contributed by atoms with van der Waals surface area (Å²) < 4.78 is 86.5. The fourth-order valence-electron chi connectivity index (χ4n) is 2.17. The Bertz CT molecular complexity index is 893. The number of aliphatic imine (C=N–C) groups is 1. The molecule has 0 amide bonds. The van der Waals surface area contributed by atoms with Crippen molar-refractivity contribution in [2.75, 3.05) is 6.54 Å². The minimum atomic E-state index is -5.55. The fourth-order valence-corrected chi connectivity index (χ4v) is 2.63. The Balaban J connectivity index is 0.000000268. The first-order valence-corrected chi connectivity index (χ1v) is 10.1. The lowest BCUT2D eigenvalue weighted by molar-refractivity contribution is -0.0500. The molecule has 160 valence electrons. The molecule has 1 aliphatic rings. The van der Waals surface area contributed by atoms with E-state index in [0.717, 1.165) is 18.6 Å². The minimum Gasteiger partial charge on any atom is -0.376 e. The number of hydrogen-bond donors (Lipinski definition) is 0. The van der Waals surface area contributed by atoms with Crippen LogP contribution in [0.3, 0.4) is 0 Å². The molecule has 0 radical (unpaired) electrons. The van der Waals surface area contributed by atoms with Gasteiger partial charge in [-0.25, -0.2) is 8.78 Å². The lowest BCUT2D eigenvalue weighted by Gasteiger charge is -2.08. The third kappa shape index (κ3) is 7.12. The summed E-state index contributed by atoms with van der Waals surface area (Å²) in [6.07, 6.45) is 1.57. The number of hydrogen-bond acceptors (Lipinski definition) is 4. The lowest BCUT2D eigenvalue weighted by atomic mass is 10.1. The number of alkyl halides is 3. The summed E-state index contributed by atoms with van der Waals surface area (Å²) in [6.45, 7) is 4.68. The largest absolute Gasteiger partial charge is 0.534 e. The zero-order valence-electron chi connectivity index (χ0n) is 15.7. The van der Waals surface area contributed by atoms with Crippen molar-refractivity contribution in [3.8, 4) is 5.75 Å². The first kappa shape index (κ1) is 24.5. The molecule has 0 fully saturated rings. The standard InChI is InChI=1S/C10H9F2N.C7H5F3O3S.C2H6/c11-7-3-1-4-8(12)10(7)9-5-2-6-13-9;8-7(9,10)14(11,12)13-6-4-2-1-3-5-6;1-2/h1,3-4H,2,5-6H2;1-5H;1-2H3. The SMILES string of the molecule is CC.Fc1cccc(F)c1C1=NCCC1.O=S(=O)(Oc1ccccc1)C(F)(F)F. The molecule has 1 heterocycles. The second-order valence-corrected chi connectivity index (χ2v) is 6.86. The van der Waals surface area contributed by atoms with Crippen LogP contribution in [0.5, 0.6) is 5.75 Å². The maximum absolute atomic E-state index is 13.2. The van der Waals surface area contributed by atoms with Gasteiger partial charge in [0.25, 0.3) is 0 Å². The molecule has 0 aromatic heterocycles. The molecule has 0 bridgehead atoms. The van der Waals surface area contributed by atoms with Crippen molar-refractivity contribution in [1.29, 1.82) is 0 Å². The van der Waals surface area contributed by atoms with E-state index in [1.807, 2.05) is 13.8 Å². The van der Waals surface area contributed by atoms with E-state index in [1.54, 1.807) is 0 Å². The molecule has 0 saturated heterocycles. The van der Waals surface area contributed by atoms with Gasteiger partial charge >= 0.3 is 15.6 Å². The molecule has 4 nitrogen and oxygen atoms in total. The van der Waals surface area contributed by atoms with Gasteiger partial charge in [0, 0.05) is 12.3 Å². The number of para-hydroxylation sites is 1. The highest BCUT2D eigenvalue weighted by molar-refractivity contribution is 7.88. The summed E-state index contributed by atoms with van der Waals surface area (Å²) in [5.41, 5.74) is -4.78. The Labute approximate surface area is 166 Å². The number of benzene rings is 2. The normalized spacial score (nSPS) is 13.4. The smallest absolute Gasteiger partial charge is 0.376 e. The molecule has 0 N–H and O–H groups in total. The van der Waals surface area contributed by atoms with E-state index < -0.39 is 27.3 Å². The summed E-state index contributed by atoms with van der Waals surface area (Å²) in [6, 6.07) is 10.4. The van der Waals surface area contributed by atoms with Crippen LogP contribution >= 0.6 is 0 Å². The molecule has 0 aliphatic carbocycles. The maximum atomic E-state index is 13.2. The van der Waals surface area contributed by atoms with Gasteiger partial charge in [-0.05, 0) is 37.1 Å². The van der Waals surface area contributed by atoms with Gasteiger partial charge in [0.15, 0.2) is 0 Å². The van der Waals surface area contributed by atoms with Crippen molar-refractivity contribution in [1.82, 2.24) is 0 Å². The third-order valence-corrected chi connectivity index (χ3v) is 4.34. The Morgan fingerprint density at radius 1 is 0.931 bits per heavy atom. The van der Waals surface area contributed by atoms with Crippen molar-refractivity contribution >= 4 is 15.8 Å². The van der Waals surface area contributed by atoms with Gasteiger partial charge in [-0.2, -0.15) is 21.6 Å². The van der Waals surface area contributed by atoms with Gasteiger partial charge in [-0.15, -0.1) is 0 Å². The average molecular weight is 437 g/mol. The second-order valence-electron chi connectivity index (χ2n) is 5.32. The van der Waals surface area contributed by atoms with Gasteiger partial charge in [-0.1, -0.05) is 38.1 Å². The van der Waals surface area contributed by atoms with Crippen LogP contribution in [-0.2, 0) is 10.1 Å². The second kappa shape index (κ2) is 10.9. The van der Waals surface area contributed by atoms with Gasteiger partial charge in [0.1, 0.15) is 17.4 Å². The quantitative estimate of drug-likeness (QED) is 0.363. The van der Waals surface area contributed by atoms with Crippen LogP contribution < -0.4 is 4.18 Å². The zero-order chi connectivity index (χ0) is 22.1. The van der Waals surface area contributed by atoms with Crippen molar-refractivity contribution in [2.45, 2.75) is 32.2 Å². The Kier molecular flexibility index (Phi) is 9.22. The van der Waals surface area contributed by atoms with E-state index in [4.69, 9.17) is 0 Å². The van der Waals surface area contributed by atoms with E-state index in [-0.39, 0.29) is 11.3 Å². The monoisotopic (exact) mass is 437 g/mol. The molecule has 1 aliphatic heterocycles. The highest BCUT2D eigenvalue weighted by Crippen LogP contribution is 2.26. The van der Waals surface area contributed by atoms with Crippen molar-refractivity contribution in [2.24, 2.45) is 4.99 Å². The molecule has 2 aromatic rings. The molecule has 0 unspecified atom stereocenters. The predicted octanol–water partition coefficient (Wildman–Crippen LogP) is 5.49. The van der Waals surface area contributed by atoms with E-state index in [0.29, 0.717) is 18.7 Å². The molecular weight excluding hydrogens is 417 g/mol. The van der Waals surface area contributed by atoms with Crippen LogP contribution in [-0.4, -0.2) is 26.2 Å². The summed E-state index contributed by atoms with van der Waals surface area (Å²) in [7, 11) is -5.55. The summed E-state index contributed by atoms with van der Waals surface area (Å²) >= 11 is 0. The number of rotatable bonds is 3. The molecule has 0 atom stereocenters. The van der Waals surface area contributed by atoms with Crippen molar-refractivity contribution in [3.05, 3.63) is 65.7 Å². The molecule has 10 heteroatoms. The third-order valence-electron chi connectivity index (χ3n) is 3.36. The molecule has 2 aromatic carbocycles. The highest BCUT2D eigenvalue weighted by atomic mass is 32.2. The van der Waals surface area contributed by atoms with Crippen LogP contribution in [0.2, 0.25) is 0 Å². The van der Waals surface area contributed by atoms with Crippen LogP contribution in [0.1, 0.15) is 32.3 Å². The van der Waals surface area contributed by atoms with Crippen molar-refractivity contribution < 1.29 is 34.6 Å². The summed E-state index contributed by atoms with van der Waals surface area (Å²) in [4.78, 5) is 4.06. The van der Waals surface area contributed by atoms with Crippen LogP contribution in [0.4, 0.5) is 22.0 Å². The molecule has 0 saturated carbocycles. The lowest BCUT2D eigenvalue weighted by Crippen LogP contribution is -2.27. The summed E-state index contributed by atoms with van der Waals surface area (Å²) in [5.74, 6) is -1.40. The molecule has 29 heavy (non-hydrogen) atoms. The van der Waals surface area contributed by atoms with Crippen LogP contribution in [0, 0.1) is 11.6 Å². The molecule has 3 rings (SSSR count). The number of nitrogens with zero attached hydrogens (tertiary/aromatic N) is 1. The molecular formula is C19H20F5NO3S. The van der Waals surface area contributed by atoms with Gasteiger partial charge < -0.3 is 4.18 Å². The zero-order valence-corrected chi connectivity index (χ0v) is 16.5. The van der Waals surface area contributed by atoms with E-state index >= 15 is 0 Å². The average Bonchev–Trinajstić information content (AvgIpc) is 3.18. The fraction of sp³-hybridized carbons (Fsp3) is 0.316. The predicted molar refractivity (Wildman–Crippen MR) is 100 cm³/mol. The van der Waals surface area contributed by atoms with Gasteiger partial charge in [-0.3, -0.25) is 4.99 Å². The minimum absolute atomic E-state index is 0.0556. The number of halogens is 5. The first-order chi connectivity index (χ1) is 13.6. The highest BCUT2D eigenvalue weighted by Gasteiger charge is 2.48. The van der Waals surface area contributed by atoms with Crippen LogP contribution in [0.15, 0.2) is 53.5 Å². The Hall–Kier alpha value is -2.49. The summed E-state index contributed by atoms with van der Waals surface area (Å²) in [5, 5.41) is 0. The van der Waals surface area contributed by atoms with E-state index in [2.05, 4.69) is 9.18 Å². The van der Waals surface area contributed by atoms with Crippen LogP contribution in [0.25, 0.3) is 0 Å². The topological polar surface area (TPSA) is 55.7 Å². The van der Waals surface area contributed by atoms with Gasteiger partial charge in [0.05, 0.1) is 5.56 Å². The van der Waals surface area contributed by atoms with Crippen molar-refractivity contribution in [3.63, 3.8) is 0 Å². The van der Waals surface area contributed by atoms with E-state index in [1.165, 1.54) is 36.4 Å².